The van der Waals surface area contributed by atoms with Crippen LogP contribution >= 0.6 is 0 Å². The van der Waals surface area contributed by atoms with Gasteiger partial charge in [-0.25, -0.2) is 4.98 Å². The van der Waals surface area contributed by atoms with Crippen molar-refractivity contribution < 1.29 is 0 Å². The maximum absolute atomic E-state index is 13.8. The van der Waals surface area contributed by atoms with Crippen LogP contribution in [0.25, 0.3) is 21.7 Å². The van der Waals surface area contributed by atoms with Crippen LogP contribution in [-0.2, 0) is 12.1 Å². The number of para-hydroxylation sites is 1. The zero-order chi connectivity index (χ0) is 27.8. The summed E-state index contributed by atoms with van der Waals surface area (Å²) in [4.78, 5) is 23.3. The average Bonchev–Trinajstić information content (AvgIpc) is 3.40. The molecule has 198 valence electrons. The minimum absolute atomic E-state index is 0.0458. The molecule has 0 aliphatic rings. The Morgan fingerprint density at radius 3 is 1.85 bits per heavy atom. The summed E-state index contributed by atoms with van der Waals surface area (Å²) in [6.45, 7) is 2.45. The number of hydrogen-bond donors (Lipinski definition) is 0. The molecule has 5 nitrogen and oxygen atoms in total. The van der Waals surface area contributed by atoms with Gasteiger partial charge in [0.25, 0.3) is 5.56 Å². The molecule has 0 saturated heterocycles. The molecule has 0 saturated carbocycles. The van der Waals surface area contributed by atoms with E-state index in [-0.39, 0.29) is 5.56 Å². The fourth-order valence-corrected chi connectivity index (χ4v) is 6.08. The van der Waals surface area contributed by atoms with E-state index in [1.807, 2.05) is 61.1 Å². The van der Waals surface area contributed by atoms with Gasteiger partial charge in [0.1, 0.15) is 5.54 Å². The van der Waals surface area contributed by atoms with Crippen molar-refractivity contribution in [2.45, 2.75) is 19.0 Å². The number of pyridine rings is 2. The highest BCUT2D eigenvalue weighted by Crippen LogP contribution is 2.41. The van der Waals surface area contributed by atoms with Crippen molar-refractivity contribution in [1.29, 1.82) is 0 Å². The highest BCUT2D eigenvalue weighted by molar-refractivity contribution is 6.04. The molecular formula is C36H28N4O. The van der Waals surface area contributed by atoms with Crippen LogP contribution < -0.4 is 5.56 Å². The summed E-state index contributed by atoms with van der Waals surface area (Å²) in [7, 11) is 0. The van der Waals surface area contributed by atoms with Gasteiger partial charge < -0.3 is 9.13 Å². The number of hydrogen-bond acceptors (Lipinski definition) is 3. The van der Waals surface area contributed by atoms with Crippen molar-refractivity contribution in [3.8, 4) is 0 Å². The first-order valence-corrected chi connectivity index (χ1v) is 13.7. The smallest absolute Gasteiger partial charge is 0.259 e. The van der Waals surface area contributed by atoms with Crippen molar-refractivity contribution in [1.82, 2.24) is 19.1 Å². The number of nitrogens with zero attached hydrogens (tertiary/aromatic N) is 4. The molecule has 0 aliphatic heterocycles. The maximum atomic E-state index is 13.8. The number of benzene rings is 4. The molecule has 0 unspecified atom stereocenters. The molecule has 7 rings (SSSR count). The van der Waals surface area contributed by atoms with E-state index in [1.54, 1.807) is 10.8 Å². The lowest BCUT2D eigenvalue weighted by molar-refractivity contribution is 0.502. The van der Waals surface area contributed by atoms with Gasteiger partial charge in [0.05, 0.1) is 29.5 Å². The molecule has 0 aliphatic carbocycles. The summed E-state index contributed by atoms with van der Waals surface area (Å²) in [6, 6.07) is 41.4. The van der Waals surface area contributed by atoms with Crippen molar-refractivity contribution in [3.63, 3.8) is 0 Å². The van der Waals surface area contributed by atoms with E-state index >= 15 is 0 Å². The summed E-state index contributed by atoms with van der Waals surface area (Å²) in [5, 5.41) is 2.38. The first-order valence-electron chi connectivity index (χ1n) is 13.7. The topological polar surface area (TPSA) is 52.7 Å². The van der Waals surface area contributed by atoms with E-state index in [9.17, 15) is 4.79 Å². The third kappa shape index (κ3) is 3.97. The van der Waals surface area contributed by atoms with Crippen LogP contribution in [-0.4, -0.2) is 19.1 Å². The number of rotatable bonds is 6. The largest absolute Gasteiger partial charge is 0.316 e. The van der Waals surface area contributed by atoms with E-state index in [1.165, 1.54) is 0 Å². The van der Waals surface area contributed by atoms with Crippen LogP contribution in [0.5, 0.6) is 0 Å². The first-order chi connectivity index (χ1) is 20.2. The van der Waals surface area contributed by atoms with Gasteiger partial charge in [0.15, 0.2) is 0 Å². The van der Waals surface area contributed by atoms with E-state index in [4.69, 9.17) is 4.98 Å². The number of imidazole rings is 1. The van der Waals surface area contributed by atoms with Gasteiger partial charge in [-0.3, -0.25) is 9.78 Å². The van der Waals surface area contributed by atoms with Gasteiger partial charge in [0, 0.05) is 28.9 Å². The Bertz CT molecular complexity index is 1950. The predicted octanol–water partition coefficient (Wildman–Crippen LogP) is 6.94. The first kappa shape index (κ1) is 24.7. The van der Waals surface area contributed by atoms with Crippen molar-refractivity contribution in [2.24, 2.45) is 0 Å². The predicted molar refractivity (Wildman–Crippen MR) is 164 cm³/mol. The number of fused-ring (bicyclic) bond motifs is 3. The van der Waals surface area contributed by atoms with Crippen LogP contribution in [0, 0.1) is 6.92 Å². The van der Waals surface area contributed by atoms with Gasteiger partial charge in [-0.05, 0) is 35.7 Å². The van der Waals surface area contributed by atoms with Gasteiger partial charge >= 0.3 is 0 Å². The molecule has 3 aromatic heterocycles. The lowest BCUT2D eigenvalue weighted by Gasteiger charge is -2.38. The molecular weight excluding hydrogens is 504 g/mol. The molecule has 0 fully saturated rings. The molecule has 0 bridgehead atoms. The van der Waals surface area contributed by atoms with Crippen LogP contribution in [0.2, 0.25) is 0 Å². The van der Waals surface area contributed by atoms with Gasteiger partial charge in [0.2, 0.25) is 0 Å². The van der Waals surface area contributed by atoms with E-state index < -0.39 is 5.54 Å². The molecule has 4 aromatic carbocycles. The quantitative estimate of drug-likeness (QED) is 0.172. The van der Waals surface area contributed by atoms with E-state index in [0.717, 1.165) is 44.4 Å². The van der Waals surface area contributed by atoms with E-state index in [0.29, 0.717) is 11.9 Å². The van der Waals surface area contributed by atoms with Gasteiger partial charge in [-0.1, -0.05) is 109 Å². The van der Waals surface area contributed by atoms with Crippen LogP contribution in [0.3, 0.4) is 0 Å². The Morgan fingerprint density at radius 1 is 0.683 bits per heavy atom. The molecule has 0 spiro atoms. The Morgan fingerprint density at radius 2 is 1.24 bits per heavy atom. The molecule has 0 radical (unpaired) electrons. The van der Waals surface area contributed by atoms with Crippen molar-refractivity contribution in [3.05, 3.63) is 178 Å². The normalized spacial score (nSPS) is 11.7. The number of aromatic nitrogens is 4. The molecule has 7 aromatic rings. The maximum Gasteiger partial charge on any atom is 0.259 e. The SMILES string of the molecule is Cc1c(Cn2ccc3cnc4ccccc4c3c2=O)ncn1C(c1ccccc1)(c1ccccc1)c1ccccc1. The third-order valence-electron chi connectivity index (χ3n) is 8.08. The van der Waals surface area contributed by atoms with Crippen LogP contribution in [0.15, 0.2) is 145 Å². The molecule has 0 atom stereocenters. The Balaban J connectivity index is 1.43. The Kier molecular flexibility index (Phi) is 6.05. The second kappa shape index (κ2) is 10.0. The Labute approximate surface area is 238 Å². The highest BCUT2D eigenvalue weighted by atomic mass is 16.1. The van der Waals surface area contributed by atoms with Crippen LogP contribution in [0.1, 0.15) is 28.1 Å². The lowest BCUT2D eigenvalue weighted by Crippen LogP contribution is -2.38. The summed E-state index contributed by atoms with van der Waals surface area (Å²) in [6.07, 6.45) is 5.54. The fraction of sp³-hybridized carbons (Fsp3) is 0.0833. The summed E-state index contributed by atoms with van der Waals surface area (Å²) >= 11 is 0. The monoisotopic (exact) mass is 532 g/mol. The van der Waals surface area contributed by atoms with Gasteiger partial charge in [-0.15, -0.1) is 0 Å². The molecule has 41 heavy (non-hydrogen) atoms. The highest BCUT2D eigenvalue weighted by Gasteiger charge is 2.39. The van der Waals surface area contributed by atoms with Crippen LogP contribution in [0.4, 0.5) is 0 Å². The fourth-order valence-electron chi connectivity index (χ4n) is 6.08. The summed E-state index contributed by atoms with van der Waals surface area (Å²) in [5.74, 6) is 0. The zero-order valence-corrected chi connectivity index (χ0v) is 22.7. The standard InChI is InChI=1S/C36H28N4O/c1-26-33(24-39-22-21-27-23-37-32-20-12-11-19-31(32)34(27)35(39)41)38-25-40(26)36(28-13-5-2-6-14-28,29-15-7-3-8-16-29)30-17-9-4-10-18-30/h2-23,25H,24H2,1H3. The molecule has 3 heterocycles. The second-order valence-electron chi connectivity index (χ2n) is 10.3. The summed E-state index contributed by atoms with van der Waals surface area (Å²) in [5.41, 5.74) is 5.34. The minimum Gasteiger partial charge on any atom is -0.316 e. The zero-order valence-electron chi connectivity index (χ0n) is 22.7. The Hall–Kier alpha value is -5.29. The third-order valence-corrected chi connectivity index (χ3v) is 8.08. The molecule has 5 heteroatoms. The average molecular weight is 533 g/mol. The molecule has 0 N–H and O–H groups in total. The van der Waals surface area contributed by atoms with Crippen molar-refractivity contribution in [2.75, 3.05) is 0 Å². The van der Waals surface area contributed by atoms with Crippen molar-refractivity contribution >= 4 is 21.7 Å². The minimum atomic E-state index is -0.657. The van der Waals surface area contributed by atoms with Gasteiger partial charge in [-0.2, -0.15) is 0 Å². The summed E-state index contributed by atoms with van der Waals surface area (Å²) < 4.78 is 4.01. The second-order valence-corrected chi connectivity index (χ2v) is 10.3. The molecule has 0 amide bonds. The lowest BCUT2D eigenvalue weighted by atomic mass is 9.76. The van der Waals surface area contributed by atoms with E-state index in [2.05, 4.69) is 89.3 Å².